The summed E-state index contributed by atoms with van der Waals surface area (Å²) in [7, 11) is 0. The second-order valence-electron chi connectivity index (χ2n) is 8.73. The molecule has 2 amide bonds. The predicted octanol–water partition coefficient (Wildman–Crippen LogP) is 4.23. The minimum Gasteiger partial charge on any atom is -0.487 e. The van der Waals surface area contributed by atoms with Crippen molar-refractivity contribution in [2.45, 2.75) is 13.2 Å². The van der Waals surface area contributed by atoms with Crippen LogP contribution in [-0.2, 0) is 22.7 Å². The quantitative estimate of drug-likeness (QED) is 0.306. The highest BCUT2D eigenvalue weighted by Gasteiger charge is 2.35. The highest BCUT2D eigenvalue weighted by molar-refractivity contribution is 6.50. The first kappa shape index (κ1) is 21.9. The van der Waals surface area contributed by atoms with Crippen LogP contribution in [0.5, 0.6) is 5.75 Å². The maximum absolute atomic E-state index is 13.2. The number of benzene rings is 3. The lowest BCUT2D eigenvalue weighted by Gasteiger charge is -2.11. The molecule has 2 aromatic heterocycles. The summed E-state index contributed by atoms with van der Waals surface area (Å²) < 4.78 is 8.22. The SMILES string of the molecule is NCCn1cc(C2=C(c3c[nH]c4ccccc34)C(=O)NC2=O)c2cccc(OCc3ccccc3)c21. The van der Waals surface area contributed by atoms with Crippen molar-refractivity contribution >= 4 is 44.8 Å². The number of amides is 2. The van der Waals surface area contributed by atoms with Crippen molar-refractivity contribution < 1.29 is 14.3 Å². The van der Waals surface area contributed by atoms with Gasteiger partial charge < -0.3 is 20.0 Å². The molecule has 7 nitrogen and oxygen atoms in total. The summed E-state index contributed by atoms with van der Waals surface area (Å²) in [5.41, 5.74) is 10.8. The van der Waals surface area contributed by atoms with Gasteiger partial charge in [-0.3, -0.25) is 14.9 Å². The zero-order valence-electron chi connectivity index (χ0n) is 19.5. The number of H-pyrrole nitrogens is 1. The van der Waals surface area contributed by atoms with Gasteiger partial charge in [-0.1, -0.05) is 60.7 Å². The molecule has 1 aliphatic heterocycles. The molecule has 3 heterocycles. The van der Waals surface area contributed by atoms with E-state index >= 15 is 0 Å². The molecule has 0 saturated carbocycles. The second kappa shape index (κ2) is 8.87. The summed E-state index contributed by atoms with van der Waals surface area (Å²) in [5, 5.41) is 4.21. The molecule has 1 aliphatic rings. The van der Waals surface area contributed by atoms with Crippen molar-refractivity contribution in [3.8, 4) is 5.75 Å². The maximum atomic E-state index is 13.2. The number of hydrogen-bond donors (Lipinski definition) is 3. The smallest absolute Gasteiger partial charge is 0.259 e. The second-order valence-corrected chi connectivity index (χ2v) is 8.73. The van der Waals surface area contributed by atoms with Crippen molar-refractivity contribution in [1.82, 2.24) is 14.9 Å². The molecule has 178 valence electrons. The Labute approximate surface area is 207 Å². The number of imide groups is 1. The van der Waals surface area contributed by atoms with Gasteiger partial charge in [-0.15, -0.1) is 0 Å². The minimum atomic E-state index is -0.414. The van der Waals surface area contributed by atoms with Gasteiger partial charge in [-0.05, 0) is 17.7 Å². The number of ether oxygens (including phenoxy) is 1. The zero-order valence-corrected chi connectivity index (χ0v) is 19.5. The van der Waals surface area contributed by atoms with Gasteiger partial charge in [-0.2, -0.15) is 0 Å². The molecule has 0 atom stereocenters. The highest BCUT2D eigenvalue weighted by atomic mass is 16.5. The van der Waals surface area contributed by atoms with Crippen LogP contribution in [0.15, 0.2) is 85.2 Å². The van der Waals surface area contributed by atoms with Crippen LogP contribution < -0.4 is 15.8 Å². The fraction of sp³-hybridized carbons (Fsp3) is 0.103. The number of nitrogens with one attached hydrogen (secondary N) is 2. The van der Waals surface area contributed by atoms with E-state index in [0.717, 1.165) is 27.4 Å². The molecule has 0 aliphatic carbocycles. The van der Waals surface area contributed by atoms with Crippen molar-refractivity contribution in [3.05, 3.63) is 102 Å². The number of fused-ring (bicyclic) bond motifs is 2. The number of carbonyl (C=O) groups excluding carboxylic acids is 2. The Hall–Kier alpha value is -4.62. The van der Waals surface area contributed by atoms with E-state index in [-0.39, 0.29) is 0 Å². The standard InChI is InChI=1S/C29H24N4O3/c30-13-14-33-16-22(20-10-6-12-24(27(20)33)36-17-18-7-2-1-3-8-18)26-25(28(34)32-29(26)35)21-15-31-23-11-5-4-9-19(21)23/h1-12,15-16,31H,13-14,17,30H2,(H,32,34,35). The number of aromatic amines is 1. The van der Waals surface area contributed by atoms with Crippen LogP contribution in [0.1, 0.15) is 16.7 Å². The molecule has 5 aromatic rings. The molecule has 0 fully saturated rings. The highest BCUT2D eigenvalue weighted by Crippen LogP contribution is 2.40. The third-order valence-electron chi connectivity index (χ3n) is 6.53. The van der Waals surface area contributed by atoms with Gasteiger partial charge in [0.05, 0.1) is 16.7 Å². The Morgan fingerprint density at radius 1 is 0.806 bits per heavy atom. The van der Waals surface area contributed by atoms with E-state index < -0.39 is 11.8 Å². The zero-order chi connectivity index (χ0) is 24.6. The average molecular weight is 477 g/mol. The summed E-state index contributed by atoms with van der Waals surface area (Å²) >= 11 is 0. The fourth-order valence-corrected chi connectivity index (χ4v) is 4.94. The molecule has 36 heavy (non-hydrogen) atoms. The molecule has 0 saturated heterocycles. The summed E-state index contributed by atoms with van der Waals surface area (Å²) in [6, 6.07) is 23.4. The first-order chi connectivity index (χ1) is 17.7. The van der Waals surface area contributed by atoms with E-state index in [4.69, 9.17) is 10.5 Å². The fourth-order valence-electron chi connectivity index (χ4n) is 4.94. The monoisotopic (exact) mass is 476 g/mol. The van der Waals surface area contributed by atoms with E-state index in [1.165, 1.54) is 0 Å². The van der Waals surface area contributed by atoms with Crippen LogP contribution in [0.4, 0.5) is 0 Å². The third kappa shape index (κ3) is 3.57. The molecule has 0 radical (unpaired) electrons. The van der Waals surface area contributed by atoms with Gasteiger partial charge in [0.2, 0.25) is 0 Å². The number of aromatic nitrogens is 2. The summed E-state index contributed by atoms with van der Waals surface area (Å²) in [6.07, 6.45) is 3.68. The Morgan fingerprint density at radius 2 is 1.53 bits per heavy atom. The van der Waals surface area contributed by atoms with Gasteiger partial charge in [0.25, 0.3) is 11.8 Å². The van der Waals surface area contributed by atoms with Gasteiger partial charge >= 0.3 is 0 Å². The first-order valence-electron chi connectivity index (χ1n) is 11.8. The lowest BCUT2D eigenvalue weighted by Crippen LogP contribution is -2.22. The number of nitrogens with zero attached hydrogens (tertiary/aromatic N) is 1. The van der Waals surface area contributed by atoms with Gasteiger partial charge in [0.1, 0.15) is 12.4 Å². The van der Waals surface area contributed by atoms with Crippen LogP contribution in [0.3, 0.4) is 0 Å². The molecular weight excluding hydrogens is 452 g/mol. The largest absolute Gasteiger partial charge is 0.487 e. The van der Waals surface area contributed by atoms with Gasteiger partial charge in [0.15, 0.2) is 0 Å². The van der Waals surface area contributed by atoms with E-state index in [2.05, 4.69) is 10.3 Å². The lowest BCUT2D eigenvalue weighted by molar-refractivity contribution is -0.122. The molecule has 7 heteroatoms. The summed E-state index contributed by atoms with van der Waals surface area (Å²) in [5.74, 6) is -0.131. The molecule has 0 spiro atoms. The van der Waals surface area contributed by atoms with E-state index in [1.54, 1.807) is 6.20 Å². The molecule has 4 N–H and O–H groups in total. The van der Waals surface area contributed by atoms with Crippen molar-refractivity contribution in [2.24, 2.45) is 5.73 Å². The van der Waals surface area contributed by atoms with Crippen molar-refractivity contribution in [2.75, 3.05) is 6.54 Å². The number of para-hydroxylation sites is 2. The number of carbonyl (C=O) groups is 2. The first-order valence-corrected chi connectivity index (χ1v) is 11.8. The number of rotatable bonds is 7. The van der Waals surface area contributed by atoms with Crippen molar-refractivity contribution in [3.63, 3.8) is 0 Å². The third-order valence-corrected chi connectivity index (χ3v) is 6.53. The lowest BCUT2D eigenvalue weighted by atomic mass is 9.95. The topological polar surface area (TPSA) is 102 Å². The predicted molar refractivity (Wildman–Crippen MR) is 140 cm³/mol. The van der Waals surface area contributed by atoms with Crippen LogP contribution in [0, 0.1) is 0 Å². The molecule has 6 rings (SSSR count). The minimum absolute atomic E-state index is 0.353. The van der Waals surface area contributed by atoms with Crippen molar-refractivity contribution in [1.29, 1.82) is 0 Å². The molecule has 3 aromatic carbocycles. The normalized spacial score (nSPS) is 13.7. The van der Waals surface area contributed by atoms with Crippen LogP contribution in [-0.4, -0.2) is 27.9 Å². The Balaban J connectivity index is 1.54. The molecular formula is C29H24N4O3. The Kier molecular flexibility index (Phi) is 5.39. The van der Waals surface area contributed by atoms with Crippen LogP contribution >= 0.6 is 0 Å². The Morgan fingerprint density at radius 3 is 2.33 bits per heavy atom. The summed E-state index contributed by atoms with van der Waals surface area (Å²) in [4.78, 5) is 29.4. The molecule has 0 unspecified atom stereocenters. The Bertz CT molecular complexity index is 1660. The number of hydrogen-bond acceptors (Lipinski definition) is 4. The van der Waals surface area contributed by atoms with Gasteiger partial charge in [-0.25, -0.2) is 0 Å². The van der Waals surface area contributed by atoms with Crippen LogP contribution in [0.2, 0.25) is 0 Å². The summed E-state index contributed by atoms with van der Waals surface area (Å²) in [6.45, 7) is 1.36. The van der Waals surface area contributed by atoms with E-state index in [1.807, 2.05) is 83.6 Å². The molecule has 0 bridgehead atoms. The maximum Gasteiger partial charge on any atom is 0.259 e. The number of nitrogens with two attached hydrogens (primary N) is 1. The van der Waals surface area contributed by atoms with E-state index in [0.29, 0.717) is 47.7 Å². The van der Waals surface area contributed by atoms with E-state index in [9.17, 15) is 9.59 Å². The average Bonchev–Trinajstić information content (AvgIpc) is 3.56. The van der Waals surface area contributed by atoms with Gasteiger partial charge in [0, 0.05) is 52.9 Å². The van der Waals surface area contributed by atoms with Crippen LogP contribution in [0.25, 0.3) is 33.0 Å².